The number of piperidine rings is 1. The van der Waals surface area contributed by atoms with E-state index in [1.807, 2.05) is 6.07 Å². The molecule has 2 fully saturated rings. The molecule has 6 rings (SSSR count). The molecular formula is C33H36ClF2N5O7. The molecular weight excluding hydrogens is 652 g/mol. The summed E-state index contributed by atoms with van der Waals surface area (Å²) in [5.41, 5.74) is 0.744. The quantitative estimate of drug-likeness (QED) is 0.347. The van der Waals surface area contributed by atoms with Crippen molar-refractivity contribution in [1.82, 2.24) is 20.4 Å². The number of likely N-dealkylation sites (tertiary alicyclic amines) is 1. The molecule has 1 atom stereocenters. The Hall–Kier alpha value is -4.27. The van der Waals surface area contributed by atoms with Crippen LogP contribution in [-0.4, -0.2) is 79.9 Å². The zero-order valence-corrected chi connectivity index (χ0v) is 27.2. The molecule has 1 saturated carbocycles. The standard InChI is InChI=1S/C33H36ClF2N5O7/c1-46-17-26-27(29(42)47-2)28(18-3-9-23(35)24(36)15-18)41(31(44)38-26)30(43)37-20-5-7-21(8-6-20)40-13-11-33(12-14-40)22-16-19(34)4-10-25(22)39-32(45)48-33/h3-4,9-10,15-16,20-21,28H,5-8,11-14,17H2,1-2H3,(H,37,43)(H,38,44)(H,39,45). The number of anilines is 1. The highest BCUT2D eigenvalue weighted by Crippen LogP contribution is 2.45. The zero-order valence-electron chi connectivity index (χ0n) is 26.4. The Morgan fingerprint density at radius 1 is 1.02 bits per heavy atom. The van der Waals surface area contributed by atoms with Crippen LogP contribution in [-0.2, 0) is 24.6 Å². The van der Waals surface area contributed by atoms with Crippen LogP contribution in [0.2, 0.25) is 5.02 Å². The third-order valence-electron chi connectivity index (χ3n) is 9.65. The highest BCUT2D eigenvalue weighted by molar-refractivity contribution is 6.30. The molecule has 0 aromatic heterocycles. The fourth-order valence-corrected chi connectivity index (χ4v) is 7.47. The number of ether oxygens (including phenoxy) is 3. The van der Waals surface area contributed by atoms with Crippen molar-refractivity contribution in [1.29, 1.82) is 0 Å². The van der Waals surface area contributed by atoms with Gasteiger partial charge < -0.3 is 29.7 Å². The number of halogens is 3. The van der Waals surface area contributed by atoms with Crippen molar-refractivity contribution in [2.45, 2.75) is 62.3 Å². The lowest BCUT2D eigenvalue weighted by Gasteiger charge is -2.47. The molecule has 3 N–H and O–H groups in total. The number of methoxy groups -OCH3 is 2. The Kier molecular flexibility index (Phi) is 9.59. The first-order valence-electron chi connectivity index (χ1n) is 15.7. The molecule has 4 aliphatic rings. The number of rotatable bonds is 6. The SMILES string of the molecule is COCC1=C(C(=O)OC)C(c2ccc(F)c(F)c2)N(C(=O)NC2CCC(N3CCC4(CC3)OC(=O)Nc3ccc(Cl)cc34)CC2)C(=O)N1. The van der Waals surface area contributed by atoms with E-state index in [9.17, 15) is 28.0 Å². The number of hydrogen-bond donors (Lipinski definition) is 3. The molecule has 5 amide bonds. The van der Waals surface area contributed by atoms with Gasteiger partial charge in [0.25, 0.3) is 0 Å². The fraction of sp³-hybridized carbons (Fsp3) is 0.455. The van der Waals surface area contributed by atoms with E-state index in [0.29, 0.717) is 49.5 Å². The number of hydrogen-bond acceptors (Lipinski definition) is 8. The molecule has 1 spiro atoms. The van der Waals surface area contributed by atoms with Crippen LogP contribution < -0.4 is 16.0 Å². The third kappa shape index (κ3) is 6.43. The summed E-state index contributed by atoms with van der Waals surface area (Å²) >= 11 is 6.28. The van der Waals surface area contributed by atoms with Crippen LogP contribution in [0.1, 0.15) is 55.7 Å². The van der Waals surface area contributed by atoms with Crippen LogP contribution in [0.15, 0.2) is 47.7 Å². The average molecular weight is 688 g/mol. The van der Waals surface area contributed by atoms with Crippen LogP contribution in [0.3, 0.4) is 0 Å². The number of carbonyl (C=O) groups excluding carboxylic acids is 4. The van der Waals surface area contributed by atoms with Gasteiger partial charge in [0.15, 0.2) is 11.6 Å². The maximum absolute atomic E-state index is 14.4. The predicted molar refractivity (Wildman–Crippen MR) is 169 cm³/mol. The summed E-state index contributed by atoms with van der Waals surface area (Å²) in [5, 5.41) is 8.77. The number of urea groups is 2. The van der Waals surface area contributed by atoms with Crippen LogP contribution in [0.4, 0.5) is 28.9 Å². The van der Waals surface area contributed by atoms with E-state index in [-0.39, 0.29) is 35.5 Å². The molecule has 1 aliphatic carbocycles. The molecule has 3 heterocycles. The molecule has 1 unspecified atom stereocenters. The fourth-order valence-electron chi connectivity index (χ4n) is 7.30. The van der Waals surface area contributed by atoms with E-state index in [1.54, 1.807) is 12.1 Å². The van der Waals surface area contributed by atoms with Crippen molar-refractivity contribution in [2.24, 2.45) is 0 Å². The van der Waals surface area contributed by atoms with Crippen LogP contribution >= 0.6 is 11.6 Å². The second-order valence-corrected chi connectivity index (χ2v) is 12.8. The summed E-state index contributed by atoms with van der Waals surface area (Å²) in [5.74, 6) is -3.20. The van der Waals surface area contributed by atoms with Gasteiger partial charge in [0.1, 0.15) is 11.6 Å². The first kappa shape index (κ1) is 33.6. The van der Waals surface area contributed by atoms with Crippen LogP contribution in [0, 0.1) is 11.6 Å². The number of benzene rings is 2. The number of esters is 1. The van der Waals surface area contributed by atoms with Crippen LogP contribution in [0.25, 0.3) is 0 Å². The second kappa shape index (κ2) is 13.7. The van der Waals surface area contributed by atoms with Gasteiger partial charge in [-0.05, 0) is 61.6 Å². The Morgan fingerprint density at radius 2 is 1.75 bits per heavy atom. The highest BCUT2D eigenvalue weighted by Gasteiger charge is 2.47. The van der Waals surface area contributed by atoms with Gasteiger partial charge in [0.2, 0.25) is 0 Å². The minimum atomic E-state index is -1.41. The molecule has 3 aliphatic heterocycles. The minimum Gasteiger partial charge on any atom is -0.466 e. The van der Waals surface area contributed by atoms with E-state index >= 15 is 0 Å². The van der Waals surface area contributed by atoms with Crippen molar-refractivity contribution in [2.75, 3.05) is 39.2 Å². The Balaban J connectivity index is 1.13. The Labute approximate surface area is 280 Å². The maximum atomic E-state index is 14.4. The summed E-state index contributed by atoms with van der Waals surface area (Å²) < 4.78 is 44.2. The van der Waals surface area contributed by atoms with Gasteiger partial charge in [-0.3, -0.25) is 5.32 Å². The molecule has 15 heteroatoms. The number of carbonyl (C=O) groups is 4. The van der Waals surface area contributed by atoms with Gasteiger partial charge in [-0.25, -0.2) is 32.9 Å². The van der Waals surface area contributed by atoms with Crippen molar-refractivity contribution >= 4 is 41.4 Å². The van der Waals surface area contributed by atoms with Gasteiger partial charge in [-0.2, -0.15) is 0 Å². The van der Waals surface area contributed by atoms with Crippen molar-refractivity contribution in [3.8, 4) is 0 Å². The normalized spacial score (nSPS) is 23.9. The van der Waals surface area contributed by atoms with E-state index in [4.69, 9.17) is 25.8 Å². The summed E-state index contributed by atoms with van der Waals surface area (Å²) in [6, 6.07) is 5.19. The molecule has 2 aromatic carbocycles. The lowest BCUT2D eigenvalue weighted by molar-refractivity contribution is -0.137. The van der Waals surface area contributed by atoms with Gasteiger partial charge in [-0.1, -0.05) is 17.7 Å². The lowest BCUT2D eigenvalue weighted by atomic mass is 9.80. The molecule has 256 valence electrons. The Bertz CT molecular complexity index is 1660. The number of amides is 5. The van der Waals surface area contributed by atoms with E-state index in [0.717, 1.165) is 42.5 Å². The zero-order chi connectivity index (χ0) is 34.2. The van der Waals surface area contributed by atoms with Gasteiger partial charge in [0, 0.05) is 55.7 Å². The van der Waals surface area contributed by atoms with Crippen molar-refractivity contribution in [3.05, 3.63) is 75.5 Å². The number of imide groups is 1. The average Bonchev–Trinajstić information content (AvgIpc) is 3.06. The van der Waals surface area contributed by atoms with Crippen molar-refractivity contribution in [3.63, 3.8) is 0 Å². The number of nitrogens with zero attached hydrogens (tertiary/aromatic N) is 2. The second-order valence-electron chi connectivity index (χ2n) is 12.4. The molecule has 2 aromatic rings. The van der Waals surface area contributed by atoms with Crippen LogP contribution in [0.5, 0.6) is 0 Å². The first-order valence-corrected chi connectivity index (χ1v) is 16.1. The van der Waals surface area contributed by atoms with E-state index in [2.05, 4.69) is 20.9 Å². The highest BCUT2D eigenvalue weighted by atomic mass is 35.5. The van der Waals surface area contributed by atoms with E-state index < -0.39 is 47.4 Å². The monoisotopic (exact) mass is 687 g/mol. The summed E-state index contributed by atoms with van der Waals surface area (Å²) in [6.07, 6.45) is 3.53. The summed E-state index contributed by atoms with van der Waals surface area (Å²) in [6.45, 7) is 1.21. The van der Waals surface area contributed by atoms with Gasteiger partial charge in [-0.15, -0.1) is 0 Å². The first-order chi connectivity index (χ1) is 23.0. The molecule has 0 radical (unpaired) electrons. The Morgan fingerprint density at radius 3 is 2.42 bits per heavy atom. The maximum Gasteiger partial charge on any atom is 0.412 e. The number of nitrogens with one attached hydrogen (secondary N) is 3. The minimum absolute atomic E-state index is 0.00352. The third-order valence-corrected chi connectivity index (χ3v) is 9.88. The van der Waals surface area contributed by atoms with E-state index in [1.165, 1.54) is 13.2 Å². The molecule has 48 heavy (non-hydrogen) atoms. The summed E-state index contributed by atoms with van der Waals surface area (Å²) in [4.78, 5) is 55.6. The summed E-state index contributed by atoms with van der Waals surface area (Å²) in [7, 11) is 2.49. The largest absolute Gasteiger partial charge is 0.466 e. The van der Waals surface area contributed by atoms with Crippen molar-refractivity contribution < 1.29 is 42.2 Å². The smallest absolute Gasteiger partial charge is 0.412 e. The predicted octanol–water partition coefficient (Wildman–Crippen LogP) is 5.33. The lowest BCUT2D eigenvalue weighted by Crippen LogP contribution is -2.57. The molecule has 0 bridgehead atoms. The molecule has 12 nitrogen and oxygen atoms in total. The number of fused-ring (bicyclic) bond motifs is 2. The molecule has 1 saturated heterocycles. The van der Waals surface area contributed by atoms with Gasteiger partial charge >= 0.3 is 24.1 Å². The topological polar surface area (TPSA) is 139 Å². The van der Waals surface area contributed by atoms with Gasteiger partial charge in [0.05, 0.1) is 30.7 Å².